The lowest BCUT2D eigenvalue weighted by molar-refractivity contribution is -0.0207. The number of primary amides is 1. The molecule has 0 aliphatic heterocycles. The zero-order valence-electron chi connectivity index (χ0n) is 36.1. The van der Waals surface area contributed by atoms with E-state index in [0.717, 1.165) is 17.7 Å². The fraction of sp³-hybridized carbons (Fsp3) is 0.698. The molecule has 0 unspecified atom stereocenters. The lowest BCUT2D eigenvalue weighted by atomic mass is 9.81. The topological polar surface area (TPSA) is 89.2 Å². The molecule has 0 aliphatic rings. The number of carbonyl (C=O) groups is 1. The Hall–Kier alpha value is -2.18. The first-order valence-electron chi connectivity index (χ1n) is 19.3. The van der Waals surface area contributed by atoms with Gasteiger partial charge in [0.25, 0.3) is 0 Å². The van der Waals surface area contributed by atoms with E-state index in [0.29, 0.717) is 13.2 Å². The van der Waals surface area contributed by atoms with Crippen LogP contribution in [0.4, 0.5) is 4.79 Å². The van der Waals surface area contributed by atoms with Crippen molar-refractivity contribution in [3.8, 4) is 5.75 Å². The van der Waals surface area contributed by atoms with Crippen LogP contribution in [0.25, 0.3) is 0 Å². The van der Waals surface area contributed by atoms with Gasteiger partial charge in [-0.2, -0.15) is 0 Å². The minimum Gasteiger partial charge on any atom is -0.497 e. The van der Waals surface area contributed by atoms with Crippen LogP contribution in [0, 0.1) is 29.6 Å². The maximum Gasteiger partial charge on any atom is 0.404 e. The second-order valence-corrected chi connectivity index (χ2v) is 27.8. The summed E-state index contributed by atoms with van der Waals surface area (Å²) in [6, 6.07) is 8.03. The number of hydrogen-bond donors (Lipinski definition) is 1. The predicted octanol–water partition coefficient (Wildman–Crippen LogP) is 11.7. The lowest BCUT2D eigenvalue weighted by Crippen LogP contribution is -2.50. The highest BCUT2D eigenvalue weighted by Gasteiger charge is 2.44. The molecule has 1 aromatic rings. The van der Waals surface area contributed by atoms with Gasteiger partial charge in [-0.3, -0.25) is 0 Å². The molecule has 8 atom stereocenters. The molecule has 0 fully saturated rings. The Labute approximate surface area is 321 Å². The molecule has 0 aliphatic carbocycles. The summed E-state index contributed by atoms with van der Waals surface area (Å²) in [6.07, 6.45) is 7.49. The predicted molar refractivity (Wildman–Crippen MR) is 225 cm³/mol. The third kappa shape index (κ3) is 14.9. The molecule has 1 aromatic carbocycles. The van der Waals surface area contributed by atoms with Crippen molar-refractivity contribution in [2.75, 3.05) is 13.7 Å². The first kappa shape index (κ1) is 47.8. The highest BCUT2D eigenvalue weighted by molar-refractivity contribution is 6.74. The van der Waals surface area contributed by atoms with E-state index in [-0.39, 0.29) is 51.9 Å². The maximum absolute atomic E-state index is 12.2. The number of methoxy groups -OCH3 is 1. The highest BCUT2D eigenvalue weighted by Crippen LogP contribution is 2.42. The Morgan fingerprint density at radius 1 is 0.827 bits per heavy atom. The number of nitrogens with two attached hydrogens (primary N) is 1. The summed E-state index contributed by atoms with van der Waals surface area (Å²) in [6.45, 7) is 41.1. The largest absolute Gasteiger partial charge is 0.497 e. The first-order chi connectivity index (χ1) is 23.8. The molecule has 298 valence electrons. The van der Waals surface area contributed by atoms with Crippen molar-refractivity contribution in [3.05, 3.63) is 66.3 Å². The highest BCUT2D eigenvalue weighted by atomic mass is 28.4. The van der Waals surface area contributed by atoms with E-state index in [9.17, 15) is 4.79 Å². The van der Waals surface area contributed by atoms with E-state index >= 15 is 0 Å². The smallest absolute Gasteiger partial charge is 0.404 e. The van der Waals surface area contributed by atoms with Crippen LogP contribution >= 0.6 is 0 Å². The average Bonchev–Trinajstić information content (AvgIpc) is 3.02. The van der Waals surface area contributed by atoms with Crippen LogP contribution < -0.4 is 10.5 Å². The minimum absolute atomic E-state index is 0.00828. The van der Waals surface area contributed by atoms with Crippen LogP contribution in [0.2, 0.25) is 36.3 Å². The van der Waals surface area contributed by atoms with Gasteiger partial charge in [-0.1, -0.05) is 125 Å². The summed E-state index contributed by atoms with van der Waals surface area (Å²) in [7, 11) is -2.62. The molecule has 7 nitrogen and oxygen atoms in total. The lowest BCUT2D eigenvalue weighted by Gasteiger charge is -2.45. The number of ether oxygens (including phenoxy) is 3. The molecule has 0 saturated heterocycles. The van der Waals surface area contributed by atoms with E-state index in [1.165, 1.54) is 5.57 Å². The molecule has 0 radical (unpaired) electrons. The van der Waals surface area contributed by atoms with Crippen LogP contribution in [0.5, 0.6) is 5.75 Å². The van der Waals surface area contributed by atoms with Gasteiger partial charge >= 0.3 is 6.09 Å². The molecule has 1 amide bonds. The van der Waals surface area contributed by atoms with Gasteiger partial charge in [0.15, 0.2) is 16.6 Å². The third-order valence-corrected chi connectivity index (χ3v) is 20.4. The summed E-state index contributed by atoms with van der Waals surface area (Å²) < 4.78 is 31.8. The fourth-order valence-electron chi connectivity index (χ4n) is 6.31. The zero-order chi connectivity index (χ0) is 40.2. The quantitative estimate of drug-likeness (QED) is 0.0762. The van der Waals surface area contributed by atoms with Crippen LogP contribution in [0.3, 0.4) is 0 Å². The Balaban J connectivity index is 3.43. The van der Waals surface area contributed by atoms with Gasteiger partial charge < -0.3 is 28.8 Å². The van der Waals surface area contributed by atoms with Crippen molar-refractivity contribution < 1.29 is 27.9 Å². The molecule has 1 rings (SSSR count). The Morgan fingerprint density at radius 2 is 1.35 bits per heavy atom. The van der Waals surface area contributed by atoms with Gasteiger partial charge in [-0.05, 0) is 79.1 Å². The summed E-state index contributed by atoms with van der Waals surface area (Å²) in [5.74, 6) is 1.14. The van der Waals surface area contributed by atoms with Gasteiger partial charge in [0.2, 0.25) is 0 Å². The van der Waals surface area contributed by atoms with Crippen molar-refractivity contribution in [2.24, 2.45) is 35.3 Å². The Kier molecular flexibility index (Phi) is 18.9. The van der Waals surface area contributed by atoms with Crippen molar-refractivity contribution >= 4 is 22.7 Å². The molecule has 0 bridgehead atoms. The standard InChI is InChI=1S/C43H77NO6Si2/c1-19-20-21-31(3)39(48-41(44)45)35(7)40(50-52(17,18)43(11,12)13)33(5)27-30(2)26-32(4)38(49-51(15,16)42(8,9)10)34(6)28-47-29-36-22-24-37(46-14)25-23-36/h19-26,31-35,38-40H,1,27-29H2,2-18H3,(H2,44,45)/b21-20-,30-26-/t31-,32-,33-,34-,35+,38+,39-,40+/m0/s1. The molecular formula is C43H77NO6Si2. The van der Waals surface area contributed by atoms with E-state index < -0.39 is 28.8 Å². The average molecular weight is 760 g/mol. The van der Waals surface area contributed by atoms with Crippen molar-refractivity contribution in [1.29, 1.82) is 0 Å². The molecule has 2 N–H and O–H groups in total. The second-order valence-electron chi connectivity index (χ2n) is 18.3. The zero-order valence-corrected chi connectivity index (χ0v) is 38.1. The van der Waals surface area contributed by atoms with E-state index in [1.54, 1.807) is 13.2 Å². The van der Waals surface area contributed by atoms with Crippen LogP contribution in [0.15, 0.2) is 60.7 Å². The molecule has 9 heteroatoms. The number of amides is 1. The summed E-state index contributed by atoms with van der Waals surface area (Å²) in [5.41, 5.74) is 8.04. The number of rotatable bonds is 21. The van der Waals surface area contributed by atoms with Crippen molar-refractivity contribution in [3.63, 3.8) is 0 Å². The third-order valence-electron chi connectivity index (χ3n) is 11.5. The summed E-state index contributed by atoms with van der Waals surface area (Å²) in [4.78, 5) is 12.2. The van der Waals surface area contributed by atoms with Crippen LogP contribution in [-0.4, -0.2) is 54.8 Å². The van der Waals surface area contributed by atoms with Gasteiger partial charge in [-0.25, -0.2) is 4.79 Å². The normalized spacial score (nSPS) is 18.2. The van der Waals surface area contributed by atoms with E-state index in [1.807, 2.05) is 36.4 Å². The summed E-state index contributed by atoms with van der Waals surface area (Å²) in [5, 5.41) is 0.0895. The fourth-order valence-corrected chi connectivity index (χ4v) is 9.27. The van der Waals surface area contributed by atoms with Crippen molar-refractivity contribution in [2.45, 2.75) is 151 Å². The molecule has 0 heterocycles. The Morgan fingerprint density at radius 3 is 1.81 bits per heavy atom. The van der Waals surface area contributed by atoms with Gasteiger partial charge in [0.1, 0.15) is 11.9 Å². The van der Waals surface area contributed by atoms with Crippen molar-refractivity contribution in [1.82, 2.24) is 0 Å². The molecule has 0 aromatic heterocycles. The molecule has 0 saturated carbocycles. The van der Waals surface area contributed by atoms with Crippen LogP contribution in [-0.2, 0) is 24.9 Å². The minimum atomic E-state index is -2.20. The van der Waals surface area contributed by atoms with E-state index in [2.05, 4.69) is 122 Å². The van der Waals surface area contributed by atoms with E-state index in [4.69, 9.17) is 28.8 Å². The number of hydrogen-bond acceptors (Lipinski definition) is 6. The molecule has 52 heavy (non-hydrogen) atoms. The van der Waals surface area contributed by atoms with Gasteiger partial charge in [0, 0.05) is 17.8 Å². The molecular weight excluding hydrogens is 683 g/mol. The maximum atomic E-state index is 12.2. The SMILES string of the molecule is C=C/C=C\[C@H](C)[C@H](OC(N)=O)[C@@H](C)[C@H](O[Si](C)(C)C(C)(C)C)[C@@H](C)C/C(C)=C\[C@H](C)[C@@H](O[Si](C)(C)C(C)(C)C)[C@@H](C)COCc1ccc(OC)cc1. The summed E-state index contributed by atoms with van der Waals surface area (Å²) >= 11 is 0. The second kappa shape index (κ2) is 20.5. The Bertz CT molecular complexity index is 1290. The molecule has 0 spiro atoms. The number of allylic oxidation sites excluding steroid dienone is 3. The first-order valence-corrected chi connectivity index (χ1v) is 25.1. The van der Waals surface area contributed by atoms with Crippen LogP contribution in [0.1, 0.15) is 95.1 Å². The van der Waals surface area contributed by atoms with Gasteiger partial charge in [-0.15, -0.1) is 0 Å². The van der Waals surface area contributed by atoms with Gasteiger partial charge in [0.05, 0.1) is 32.5 Å². The monoisotopic (exact) mass is 760 g/mol. The number of benzene rings is 1. The number of carbonyl (C=O) groups excluding carboxylic acids is 1.